The van der Waals surface area contributed by atoms with Crippen LogP contribution in [-0.4, -0.2) is 14.6 Å². The maximum absolute atomic E-state index is 5.54. The van der Waals surface area contributed by atoms with Crippen LogP contribution in [0.5, 0.6) is 0 Å². The summed E-state index contributed by atoms with van der Waals surface area (Å²) in [6.07, 6.45) is 0. The van der Waals surface area contributed by atoms with Crippen LogP contribution in [0.25, 0.3) is 16.9 Å². The van der Waals surface area contributed by atoms with Gasteiger partial charge in [-0.1, -0.05) is 23.2 Å². The molecule has 2 aromatic heterocycles. The molecule has 0 bridgehead atoms. The molecular formula is C11H7N3OS. The Labute approximate surface area is 95.7 Å². The number of hydrogen-bond donors (Lipinski definition) is 0. The predicted molar refractivity (Wildman–Crippen MR) is 62.1 cm³/mol. The number of nitrogens with zero attached hydrogens (tertiary/aromatic N) is 3. The zero-order valence-corrected chi connectivity index (χ0v) is 9.28. The highest BCUT2D eigenvalue weighted by molar-refractivity contribution is 8.03. The number of benzene rings is 1. The summed E-state index contributed by atoms with van der Waals surface area (Å²) in [5.41, 5.74) is 1.77. The Hall–Kier alpha value is -1.93. The van der Waals surface area contributed by atoms with Gasteiger partial charge in [0, 0.05) is 11.8 Å². The van der Waals surface area contributed by atoms with Crippen molar-refractivity contribution < 1.29 is 4.42 Å². The summed E-state index contributed by atoms with van der Waals surface area (Å²) < 4.78 is 7.41. The summed E-state index contributed by atoms with van der Waals surface area (Å²) >= 11 is 1.34. The van der Waals surface area contributed by atoms with E-state index in [9.17, 15) is 0 Å². The van der Waals surface area contributed by atoms with E-state index in [2.05, 4.69) is 21.4 Å². The summed E-state index contributed by atoms with van der Waals surface area (Å²) in [7, 11) is 0. The molecule has 1 aromatic carbocycles. The second-order valence-corrected chi connectivity index (χ2v) is 3.90. The van der Waals surface area contributed by atoms with E-state index in [0.29, 0.717) is 5.84 Å². The molecule has 0 N–H and O–H groups in total. The van der Waals surface area contributed by atoms with Gasteiger partial charge >= 0.3 is 5.84 Å². The van der Waals surface area contributed by atoms with Crippen molar-refractivity contribution in [3.63, 3.8) is 0 Å². The lowest BCUT2D eigenvalue weighted by atomic mass is 10.3. The molecule has 0 spiro atoms. The van der Waals surface area contributed by atoms with Crippen LogP contribution >= 0.6 is 11.8 Å². The molecule has 16 heavy (non-hydrogen) atoms. The average Bonchev–Trinajstić information content (AvgIpc) is 2.85. The van der Waals surface area contributed by atoms with Crippen LogP contribution in [0.2, 0.25) is 0 Å². The Morgan fingerprint density at radius 1 is 1.31 bits per heavy atom. The molecule has 0 aliphatic carbocycles. The Balaban J connectivity index is 2.32. The highest BCUT2D eigenvalue weighted by Crippen LogP contribution is 2.24. The molecule has 0 saturated carbocycles. The SMILES string of the molecule is CC#CSc1nnc2oc3ccccc3n12. The van der Waals surface area contributed by atoms with Crippen molar-refractivity contribution in [2.24, 2.45) is 0 Å². The molecule has 4 nitrogen and oxygen atoms in total. The van der Waals surface area contributed by atoms with Crippen LogP contribution < -0.4 is 0 Å². The molecule has 0 aliphatic heterocycles. The van der Waals surface area contributed by atoms with Gasteiger partial charge in [-0.25, -0.2) is 4.40 Å². The van der Waals surface area contributed by atoms with Crippen molar-refractivity contribution in [3.05, 3.63) is 24.3 Å². The summed E-state index contributed by atoms with van der Waals surface area (Å²) in [5, 5.41) is 11.6. The smallest absolute Gasteiger partial charge is 0.328 e. The minimum atomic E-state index is 0.501. The second kappa shape index (κ2) is 3.58. The third-order valence-corrected chi connectivity index (χ3v) is 2.91. The molecule has 0 radical (unpaired) electrons. The number of thioether (sulfide) groups is 1. The highest BCUT2D eigenvalue weighted by atomic mass is 32.2. The molecule has 2 heterocycles. The van der Waals surface area contributed by atoms with Crippen LogP contribution in [0.4, 0.5) is 0 Å². The maximum Gasteiger partial charge on any atom is 0.328 e. The van der Waals surface area contributed by atoms with E-state index < -0.39 is 0 Å². The van der Waals surface area contributed by atoms with Gasteiger partial charge in [0.1, 0.15) is 0 Å². The molecule has 3 rings (SSSR count). The number of rotatable bonds is 1. The molecule has 78 valence electrons. The Bertz CT molecular complexity index is 717. The van der Waals surface area contributed by atoms with Gasteiger partial charge in [0.05, 0.1) is 5.52 Å². The Kier molecular flexibility index (Phi) is 2.08. The van der Waals surface area contributed by atoms with Crippen molar-refractivity contribution in [3.8, 4) is 11.2 Å². The van der Waals surface area contributed by atoms with Crippen LogP contribution in [0.3, 0.4) is 0 Å². The van der Waals surface area contributed by atoms with Gasteiger partial charge in [0.2, 0.25) is 5.16 Å². The van der Waals surface area contributed by atoms with Crippen molar-refractivity contribution in [2.45, 2.75) is 12.1 Å². The first-order valence-electron chi connectivity index (χ1n) is 4.71. The monoisotopic (exact) mass is 229 g/mol. The minimum Gasteiger partial charge on any atom is -0.422 e. The lowest BCUT2D eigenvalue weighted by molar-refractivity contribution is 0.637. The number of oxazole rings is 1. The molecule has 0 amide bonds. The van der Waals surface area contributed by atoms with Gasteiger partial charge in [0.25, 0.3) is 0 Å². The number of para-hydroxylation sites is 2. The molecule has 0 aliphatic rings. The van der Waals surface area contributed by atoms with Crippen LogP contribution in [0, 0.1) is 11.2 Å². The van der Waals surface area contributed by atoms with Gasteiger partial charge in [-0.15, -0.1) is 5.10 Å². The zero-order valence-electron chi connectivity index (χ0n) is 8.47. The molecule has 5 heteroatoms. The maximum atomic E-state index is 5.54. The van der Waals surface area contributed by atoms with Gasteiger partial charge in [-0.05, 0) is 24.3 Å². The van der Waals surface area contributed by atoms with Gasteiger partial charge in [0.15, 0.2) is 5.58 Å². The summed E-state index contributed by atoms with van der Waals surface area (Å²) in [6.45, 7) is 1.79. The van der Waals surface area contributed by atoms with E-state index in [0.717, 1.165) is 16.3 Å². The predicted octanol–water partition coefficient (Wildman–Crippen LogP) is 2.55. The Morgan fingerprint density at radius 2 is 2.19 bits per heavy atom. The molecule has 0 unspecified atom stereocenters. The van der Waals surface area contributed by atoms with E-state index in [-0.39, 0.29) is 0 Å². The van der Waals surface area contributed by atoms with E-state index >= 15 is 0 Å². The van der Waals surface area contributed by atoms with Crippen LogP contribution in [-0.2, 0) is 0 Å². The first-order valence-corrected chi connectivity index (χ1v) is 5.53. The molecule has 0 atom stereocenters. The third kappa shape index (κ3) is 1.27. The fourth-order valence-corrected chi connectivity index (χ4v) is 2.06. The Morgan fingerprint density at radius 3 is 3.06 bits per heavy atom. The third-order valence-electron chi connectivity index (χ3n) is 2.16. The standard InChI is InChI=1S/C11H7N3OS/c1-2-7-16-11-13-12-10-14(11)8-5-3-4-6-9(8)15-10/h3-6H,1H3. The fraction of sp³-hybridized carbons (Fsp3) is 0.0909. The van der Waals surface area contributed by atoms with Crippen LogP contribution in [0.15, 0.2) is 33.8 Å². The van der Waals surface area contributed by atoms with Gasteiger partial charge < -0.3 is 4.42 Å². The van der Waals surface area contributed by atoms with E-state index in [1.165, 1.54) is 11.8 Å². The van der Waals surface area contributed by atoms with Gasteiger partial charge in [-0.2, -0.15) is 0 Å². The van der Waals surface area contributed by atoms with Crippen molar-refractivity contribution in [2.75, 3.05) is 0 Å². The normalized spacial score (nSPS) is 10.6. The number of hydrogen-bond acceptors (Lipinski definition) is 4. The molecule has 3 aromatic rings. The van der Waals surface area contributed by atoms with E-state index in [4.69, 9.17) is 4.42 Å². The summed E-state index contributed by atoms with van der Waals surface area (Å²) in [5.74, 6) is 3.31. The van der Waals surface area contributed by atoms with E-state index in [1.54, 1.807) is 6.92 Å². The fourth-order valence-electron chi connectivity index (χ4n) is 1.52. The largest absolute Gasteiger partial charge is 0.422 e. The quantitative estimate of drug-likeness (QED) is 0.475. The van der Waals surface area contributed by atoms with Crippen molar-refractivity contribution >= 4 is 28.7 Å². The molecular weight excluding hydrogens is 222 g/mol. The lowest BCUT2D eigenvalue weighted by Crippen LogP contribution is -1.82. The number of fused-ring (bicyclic) bond motifs is 3. The van der Waals surface area contributed by atoms with Gasteiger partial charge in [-0.3, -0.25) is 0 Å². The first-order chi connectivity index (χ1) is 7.90. The van der Waals surface area contributed by atoms with Crippen molar-refractivity contribution in [1.29, 1.82) is 0 Å². The van der Waals surface area contributed by atoms with E-state index in [1.807, 2.05) is 28.7 Å². The summed E-state index contributed by atoms with van der Waals surface area (Å²) in [6, 6.07) is 7.76. The van der Waals surface area contributed by atoms with Crippen LogP contribution in [0.1, 0.15) is 6.92 Å². The highest BCUT2D eigenvalue weighted by Gasteiger charge is 2.12. The average molecular weight is 229 g/mol. The second-order valence-electron chi connectivity index (χ2n) is 3.12. The lowest BCUT2D eigenvalue weighted by Gasteiger charge is -1.90. The minimum absolute atomic E-state index is 0.501. The number of aromatic nitrogens is 3. The van der Waals surface area contributed by atoms with Crippen molar-refractivity contribution in [1.82, 2.24) is 14.6 Å². The topological polar surface area (TPSA) is 43.3 Å². The molecule has 0 saturated heterocycles. The summed E-state index contributed by atoms with van der Waals surface area (Å²) in [4.78, 5) is 0. The zero-order chi connectivity index (χ0) is 11.0. The molecule has 0 fully saturated rings. The first kappa shape index (κ1) is 9.31.